The summed E-state index contributed by atoms with van der Waals surface area (Å²) in [6.45, 7) is 0. The van der Waals surface area contributed by atoms with Gasteiger partial charge in [-0.05, 0) is 0 Å². The summed E-state index contributed by atoms with van der Waals surface area (Å²) in [5, 5.41) is 0. The Labute approximate surface area is 47.1 Å². The molecule has 0 saturated carbocycles. The van der Waals surface area contributed by atoms with Crippen LogP contribution >= 0.6 is 11.6 Å². The maximum atomic E-state index is 5.54. The first-order valence-corrected chi connectivity index (χ1v) is 6.58. The van der Waals surface area contributed by atoms with E-state index in [1.165, 1.54) is 0 Å². The normalized spacial score (nSPS) is 14.7. The van der Waals surface area contributed by atoms with E-state index >= 15 is 0 Å². The summed E-state index contributed by atoms with van der Waals surface area (Å²) in [6.07, 6.45) is 0. The summed E-state index contributed by atoms with van der Waals surface area (Å²) in [5.74, 6) is 6.76. The fourth-order valence-electron chi connectivity index (χ4n) is 0. The molecule has 0 aromatic rings. The molecule has 0 spiro atoms. The molecule has 0 aliphatic rings. The van der Waals surface area contributed by atoms with Gasteiger partial charge in [-0.15, -0.1) is 0 Å². The minimum absolute atomic E-state index is 0.880. The Balaban J connectivity index is 3.17. The standard InChI is InChI=1S/CH2Cl.3CH3.Mn/c1-2;;;;/h1H2;3*1H3;. The van der Waals surface area contributed by atoms with Crippen LogP contribution in [0.3, 0.4) is 0 Å². The molecule has 0 nitrogen and oxygen atoms in total. The van der Waals surface area contributed by atoms with Crippen LogP contribution < -0.4 is 0 Å². The Morgan fingerprint density at radius 3 is 1.50 bits per heavy atom. The molecule has 0 atom stereocenters. The van der Waals surface area contributed by atoms with Crippen LogP contribution in [-0.2, 0) is 12.8 Å². The third-order valence-corrected chi connectivity index (χ3v) is 3.75. The fraction of sp³-hybridized carbons (Fsp3) is 1.00. The SMILES string of the molecule is [CH3][Mn]([CH3])([CH3])[CH2]Cl. The molecule has 0 aromatic heterocycles. The minimum atomic E-state index is -0.880. The molecule has 0 aromatic carbocycles. The molecular weight excluding hydrogens is 138 g/mol. The molecule has 0 aliphatic carbocycles. The van der Waals surface area contributed by atoms with E-state index in [1.807, 2.05) is 0 Å². The van der Waals surface area contributed by atoms with Crippen LogP contribution in [0.25, 0.3) is 0 Å². The summed E-state index contributed by atoms with van der Waals surface area (Å²) in [7, 11) is 0. The molecule has 6 heavy (non-hydrogen) atoms. The molecule has 0 radical (unpaired) electrons. The molecule has 41 valence electrons. The number of hydrogen-bond donors (Lipinski definition) is 0. The van der Waals surface area contributed by atoms with E-state index in [2.05, 4.69) is 17.5 Å². The van der Waals surface area contributed by atoms with E-state index in [0.717, 1.165) is 4.78 Å². The monoisotopic (exact) mass is 149 g/mol. The van der Waals surface area contributed by atoms with Crippen molar-refractivity contribution in [2.24, 2.45) is 0 Å². The van der Waals surface area contributed by atoms with E-state index < -0.39 is 12.8 Å². The van der Waals surface area contributed by atoms with Crippen molar-refractivity contribution in [2.75, 3.05) is 4.78 Å². The topological polar surface area (TPSA) is 0 Å². The van der Waals surface area contributed by atoms with Crippen molar-refractivity contribution in [3.63, 3.8) is 0 Å². The van der Waals surface area contributed by atoms with Crippen LogP contribution in [-0.4, -0.2) is 4.78 Å². The first kappa shape index (κ1) is 6.81. The van der Waals surface area contributed by atoms with Gasteiger partial charge in [0.2, 0.25) is 0 Å². The number of rotatable bonds is 1. The average molecular weight is 150 g/mol. The molecule has 0 bridgehead atoms. The number of halogens is 1. The quantitative estimate of drug-likeness (QED) is 0.397. The summed E-state index contributed by atoms with van der Waals surface area (Å²) in [4.78, 5) is 0. The summed E-state index contributed by atoms with van der Waals surface area (Å²) >= 11 is 4.66. The van der Waals surface area contributed by atoms with Gasteiger partial charge in [0.15, 0.2) is 0 Å². The van der Waals surface area contributed by atoms with Crippen LogP contribution in [0.1, 0.15) is 0 Å². The predicted molar refractivity (Wildman–Crippen MR) is 28.3 cm³/mol. The third-order valence-electron chi connectivity index (χ3n) is 0.303. The van der Waals surface area contributed by atoms with Crippen molar-refractivity contribution in [2.45, 2.75) is 17.5 Å². The van der Waals surface area contributed by atoms with Crippen molar-refractivity contribution in [1.82, 2.24) is 0 Å². The summed E-state index contributed by atoms with van der Waals surface area (Å²) in [5.41, 5.74) is 0. The van der Waals surface area contributed by atoms with Gasteiger partial charge in [0.25, 0.3) is 0 Å². The van der Waals surface area contributed by atoms with E-state index in [0.29, 0.717) is 0 Å². The molecule has 0 N–H and O–H groups in total. The molecular formula is C4H11ClMn. The van der Waals surface area contributed by atoms with Gasteiger partial charge >= 0.3 is 46.7 Å². The van der Waals surface area contributed by atoms with Crippen LogP contribution in [0.2, 0.25) is 17.5 Å². The third kappa shape index (κ3) is 4.81. The zero-order valence-electron chi connectivity index (χ0n) is 4.46. The second-order valence-electron chi connectivity index (χ2n) is 2.04. The van der Waals surface area contributed by atoms with Crippen molar-refractivity contribution >= 4 is 11.6 Å². The second kappa shape index (κ2) is 2.20. The molecule has 0 rings (SSSR count). The summed E-state index contributed by atoms with van der Waals surface area (Å²) < 4.78 is 0.884. The van der Waals surface area contributed by atoms with Crippen molar-refractivity contribution < 1.29 is 12.8 Å². The molecule has 0 amide bonds. The van der Waals surface area contributed by atoms with Gasteiger partial charge in [-0.3, -0.25) is 0 Å². The average Bonchev–Trinajstić information content (AvgIpc) is 1.35. The molecule has 0 unspecified atom stereocenters. The molecule has 0 aliphatic heterocycles. The predicted octanol–water partition coefficient (Wildman–Crippen LogP) is 2.48. The van der Waals surface area contributed by atoms with E-state index in [-0.39, 0.29) is 0 Å². The van der Waals surface area contributed by atoms with Gasteiger partial charge in [0.05, 0.1) is 0 Å². The van der Waals surface area contributed by atoms with Gasteiger partial charge in [0.1, 0.15) is 0 Å². The Bertz CT molecular complexity index is 37.3. The van der Waals surface area contributed by atoms with E-state index in [9.17, 15) is 0 Å². The molecule has 0 saturated heterocycles. The zero-order valence-corrected chi connectivity index (χ0v) is 6.40. The van der Waals surface area contributed by atoms with E-state index in [1.54, 1.807) is 0 Å². The van der Waals surface area contributed by atoms with Gasteiger partial charge in [-0.2, -0.15) is 0 Å². The first-order chi connectivity index (χ1) is 2.56. The Morgan fingerprint density at radius 1 is 1.33 bits per heavy atom. The Morgan fingerprint density at radius 2 is 1.50 bits per heavy atom. The molecule has 0 heterocycles. The van der Waals surface area contributed by atoms with Crippen LogP contribution in [0.5, 0.6) is 0 Å². The zero-order chi connectivity index (χ0) is 5.21. The van der Waals surface area contributed by atoms with Crippen molar-refractivity contribution in [1.29, 1.82) is 0 Å². The van der Waals surface area contributed by atoms with Crippen molar-refractivity contribution in [3.05, 3.63) is 0 Å². The van der Waals surface area contributed by atoms with Gasteiger partial charge in [-0.25, -0.2) is 0 Å². The Kier molecular flexibility index (Phi) is 2.50. The van der Waals surface area contributed by atoms with Crippen LogP contribution in [0, 0.1) is 0 Å². The van der Waals surface area contributed by atoms with Crippen LogP contribution in [0.15, 0.2) is 0 Å². The number of hydrogen-bond acceptors (Lipinski definition) is 0. The van der Waals surface area contributed by atoms with Crippen molar-refractivity contribution in [3.8, 4) is 0 Å². The summed E-state index contributed by atoms with van der Waals surface area (Å²) in [6, 6.07) is 0. The van der Waals surface area contributed by atoms with Crippen LogP contribution in [0.4, 0.5) is 0 Å². The molecule has 2 heteroatoms. The van der Waals surface area contributed by atoms with Gasteiger partial charge < -0.3 is 0 Å². The fourth-order valence-corrected chi connectivity index (χ4v) is 0. The Hall–Kier alpha value is 0.809. The van der Waals surface area contributed by atoms with E-state index in [4.69, 9.17) is 11.6 Å². The van der Waals surface area contributed by atoms with Gasteiger partial charge in [0, 0.05) is 0 Å². The maximum absolute atomic E-state index is 5.54. The molecule has 0 fully saturated rings. The first-order valence-electron chi connectivity index (χ1n) is 1.67. The van der Waals surface area contributed by atoms with Gasteiger partial charge in [-0.1, -0.05) is 0 Å². The second-order valence-corrected chi connectivity index (χ2v) is 9.23. The number of alkyl halides is 1.